The van der Waals surface area contributed by atoms with E-state index in [1.165, 1.54) is 0 Å². The molecule has 0 radical (unpaired) electrons. The van der Waals surface area contributed by atoms with E-state index in [9.17, 15) is 4.79 Å². The molecule has 0 aliphatic rings. The smallest absolute Gasteiger partial charge is 0.224 e. The van der Waals surface area contributed by atoms with Crippen LogP contribution in [-0.4, -0.2) is 35.8 Å². The lowest BCUT2D eigenvalue weighted by Crippen LogP contribution is -2.33. The zero-order valence-corrected chi connectivity index (χ0v) is 13.8. The summed E-state index contributed by atoms with van der Waals surface area (Å²) < 4.78 is 1.82. The Morgan fingerprint density at radius 1 is 1.27 bits per heavy atom. The Balaban J connectivity index is 1.81. The van der Waals surface area contributed by atoms with E-state index in [1.54, 1.807) is 0 Å². The first kappa shape index (κ1) is 16.1. The fraction of sp³-hybridized carbons (Fsp3) is 0.412. The molecule has 1 aromatic heterocycles. The van der Waals surface area contributed by atoms with Crippen LogP contribution in [0.4, 0.5) is 5.69 Å². The van der Waals surface area contributed by atoms with E-state index in [1.807, 2.05) is 50.8 Å². The van der Waals surface area contributed by atoms with Gasteiger partial charge in [-0.1, -0.05) is 18.2 Å². The third-order valence-corrected chi connectivity index (χ3v) is 3.96. The third-order valence-electron chi connectivity index (χ3n) is 3.96. The minimum atomic E-state index is 0.0423. The Bertz CT molecular complexity index is 634. The number of nitrogens with zero attached hydrogens (tertiary/aromatic N) is 3. The maximum atomic E-state index is 12.1. The first-order chi connectivity index (χ1) is 10.5. The molecule has 5 nitrogen and oxygen atoms in total. The van der Waals surface area contributed by atoms with Crippen molar-refractivity contribution < 1.29 is 4.79 Å². The molecule has 0 saturated heterocycles. The summed E-state index contributed by atoms with van der Waals surface area (Å²) in [6, 6.07) is 10.1. The van der Waals surface area contributed by atoms with Crippen molar-refractivity contribution in [2.75, 3.05) is 25.0 Å². The van der Waals surface area contributed by atoms with Crippen molar-refractivity contribution in [3.63, 3.8) is 0 Å². The van der Waals surface area contributed by atoms with E-state index in [2.05, 4.69) is 27.4 Å². The van der Waals surface area contributed by atoms with Gasteiger partial charge in [-0.3, -0.25) is 9.48 Å². The van der Waals surface area contributed by atoms with Gasteiger partial charge < -0.3 is 10.2 Å². The SMILES string of the molecule is Cc1nn(C)c(C)c1CC(=O)NCCN(C)c1ccccc1. The van der Waals surface area contributed by atoms with E-state index >= 15 is 0 Å². The maximum absolute atomic E-state index is 12.1. The van der Waals surface area contributed by atoms with Gasteiger partial charge in [0.05, 0.1) is 12.1 Å². The number of aromatic nitrogens is 2. The molecule has 1 aromatic carbocycles. The van der Waals surface area contributed by atoms with Gasteiger partial charge in [0.2, 0.25) is 5.91 Å². The molecule has 118 valence electrons. The topological polar surface area (TPSA) is 50.2 Å². The number of amides is 1. The molecular formula is C17H24N4O. The second-order valence-corrected chi connectivity index (χ2v) is 5.56. The van der Waals surface area contributed by atoms with Gasteiger partial charge in [-0.05, 0) is 26.0 Å². The number of aryl methyl sites for hydroxylation is 2. The standard InChI is InChI=1S/C17H24N4O/c1-13-16(14(2)21(4)19-13)12-17(22)18-10-11-20(3)15-8-6-5-7-9-15/h5-9H,10-12H2,1-4H3,(H,18,22). The molecular weight excluding hydrogens is 276 g/mol. The van der Waals surface area contributed by atoms with Gasteiger partial charge in [0.1, 0.15) is 0 Å². The minimum absolute atomic E-state index is 0.0423. The summed E-state index contributed by atoms with van der Waals surface area (Å²) in [6.07, 6.45) is 0.389. The Labute approximate surface area is 131 Å². The predicted octanol–water partition coefficient (Wildman–Crippen LogP) is 1.83. The molecule has 2 rings (SSSR count). The summed E-state index contributed by atoms with van der Waals surface area (Å²) in [6.45, 7) is 5.34. The lowest BCUT2D eigenvalue weighted by Gasteiger charge is -2.19. The Kier molecular flexibility index (Phi) is 5.20. The van der Waals surface area contributed by atoms with Crippen molar-refractivity contribution in [1.29, 1.82) is 0 Å². The van der Waals surface area contributed by atoms with Gasteiger partial charge in [0.25, 0.3) is 0 Å². The van der Waals surface area contributed by atoms with Crippen LogP contribution in [0, 0.1) is 13.8 Å². The minimum Gasteiger partial charge on any atom is -0.373 e. The van der Waals surface area contributed by atoms with E-state index in [4.69, 9.17) is 0 Å². The Morgan fingerprint density at radius 3 is 2.55 bits per heavy atom. The number of carbonyl (C=O) groups excluding carboxylic acids is 1. The molecule has 0 unspecified atom stereocenters. The summed E-state index contributed by atoms with van der Waals surface area (Å²) in [5.41, 5.74) is 4.15. The van der Waals surface area contributed by atoms with E-state index in [0.717, 1.165) is 29.2 Å². The zero-order chi connectivity index (χ0) is 16.1. The van der Waals surface area contributed by atoms with E-state index in [-0.39, 0.29) is 5.91 Å². The van der Waals surface area contributed by atoms with Crippen molar-refractivity contribution in [1.82, 2.24) is 15.1 Å². The fourth-order valence-corrected chi connectivity index (χ4v) is 2.47. The molecule has 0 spiro atoms. The first-order valence-corrected chi connectivity index (χ1v) is 7.51. The molecule has 0 atom stereocenters. The summed E-state index contributed by atoms with van der Waals surface area (Å²) >= 11 is 0. The molecule has 0 aliphatic carbocycles. The highest BCUT2D eigenvalue weighted by molar-refractivity contribution is 5.79. The number of rotatable bonds is 6. The molecule has 0 fully saturated rings. The number of likely N-dealkylation sites (N-methyl/N-ethyl adjacent to an activating group) is 1. The summed E-state index contributed by atoms with van der Waals surface area (Å²) in [5.74, 6) is 0.0423. The molecule has 0 saturated carbocycles. The second-order valence-electron chi connectivity index (χ2n) is 5.56. The molecule has 1 amide bonds. The van der Waals surface area contributed by atoms with Crippen LogP contribution in [0.2, 0.25) is 0 Å². The number of hydrogen-bond acceptors (Lipinski definition) is 3. The number of benzene rings is 1. The lowest BCUT2D eigenvalue weighted by molar-refractivity contribution is -0.120. The first-order valence-electron chi connectivity index (χ1n) is 7.51. The quantitative estimate of drug-likeness (QED) is 0.885. The average molecular weight is 300 g/mol. The molecule has 1 heterocycles. The van der Waals surface area contributed by atoms with Crippen molar-refractivity contribution >= 4 is 11.6 Å². The fourth-order valence-electron chi connectivity index (χ4n) is 2.47. The third kappa shape index (κ3) is 3.87. The number of para-hydroxylation sites is 1. The molecule has 0 bridgehead atoms. The number of hydrogen-bond donors (Lipinski definition) is 1. The molecule has 2 aromatic rings. The van der Waals surface area contributed by atoms with Crippen LogP contribution in [0.25, 0.3) is 0 Å². The Hall–Kier alpha value is -2.30. The summed E-state index contributed by atoms with van der Waals surface area (Å²) in [5, 5.41) is 7.32. The van der Waals surface area contributed by atoms with Crippen molar-refractivity contribution in [2.45, 2.75) is 20.3 Å². The molecule has 1 N–H and O–H groups in total. The monoisotopic (exact) mass is 300 g/mol. The lowest BCUT2D eigenvalue weighted by atomic mass is 10.1. The number of carbonyl (C=O) groups is 1. The van der Waals surface area contributed by atoms with Crippen LogP contribution in [0.1, 0.15) is 17.0 Å². The van der Waals surface area contributed by atoms with Gasteiger partial charge in [0, 0.05) is 44.1 Å². The van der Waals surface area contributed by atoms with Gasteiger partial charge in [-0.15, -0.1) is 0 Å². The largest absolute Gasteiger partial charge is 0.373 e. The highest BCUT2D eigenvalue weighted by Gasteiger charge is 2.13. The van der Waals surface area contributed by atoms with Crippen molar-refractivity contribution in [3.05, 3.63) is 47.3 Å². The summed E-state index contributed by atoms with van der Waals surface area (Å²) in [7, 11) is 3.93. The Morgan fingerprint density at radius 2 is 1.95 bits per heavy atom. The van der Waals surface area contributed by atoms with E-state index < -0.39 is 0 Å². The highest BCUT2D eigenvalue weighted by Crippen LogP contribution is 2.12. The van der Waals surface area contributed by atoms with Crippen molar-refractivity contribution in [2.24, 2.45) is 7.05 Å². The summed E-state index contributed by atoms with van der Waals surface area (Å²) in [4.78, 5) is 14.2. The highest BCUT2D eigenvalue weighted by atomic mass is 16.1. The molecule has 22 heavy (non-hydrogen) atoms. The molecule has 5 heteroatoms. The predicted molar refractivity (Wildman–Crippen MR) is 89.1 cm³/mol. The van der Waals surface area contributed by atoms with Crippen LogP contribution in [0.5, 0.6) is 0 Å². The van der Waals surface area contributed by atoms with Gasteiger partial charge in [-0.2, -0.15) is 5.10 Å². The van der Waals surface area contributed by atoms with Gasteiger partial charge in [-0.25, -0.2) is 0 Å². The zero-order valence-electron chi connectivity index (χ0n) is 13.8. The van der Waals surface area contributed by atoms with E-state index in [0.29, 0.717) is 13.0 Å². The number of anilines is 1. The normalized spacial score (nSPS) is 10.5. The average Bonchev–Trinajstić information content (AvgIpc) is 2.74. The van der Waals surface area contributed by atoms with Crippen LogP contribution < -0.4 is 10.2 Å². The van der Waals surface area contributed by atoms with Crippen molar-refractivity contribution in [3.8, 4) is 0 Å². The van der Waals surface area contributed by atoms with Crippen LogP contribution in [0.3, 0.4) is 0 Å². The van der Waals surface area contributed by atoms with Gasteiger partial charge >= 0.3 is 0 Å². The van der Waals surface area contributed by atoms with Gasteiger partial charge in [0.15, 0.2) is 0 Å². The molecule has 0 aliphatic heterocycles. The second kappa shape index (κ2) is 7.11. The maximum Gasteiger partial charge on any atom is 0.224 e. The van der Waals surface area contributed by atoms with Crippen LogP contribution in [0.15, 0.2) is 30.3 Å². The van der Waals surface area contributed by atoms with Crippen LogP contribution in [-0.2, 0) is 18.3 Å². The number of nitrogens with one attached hydrogen (secondary N) is 1. The van der Waals surface area contributed by atoms with Crippen LogP contribution >= 0.6 is 0 Å².